The maximum atomic E-state index is 6.11. The lowest BCUT2D eigenvalue weighted by Crippen LogP contribution is -2.35. The van der Waals surface area contributed by atoms with Gasteiger partial charge in [0.05, 0.1) is 5.69 Å². The molecule has 0 aromatic carbocycles. The normalized spacial score (nSPS) is 22.4. The molecule has 0 radical (unpaired) electrons. The van der Waals surface area contributed by atoms with E-state index in [9.17, 15) is 0 Å². The Kier molecular flexibility index (Phi) is 3.87. The maximum Gasteiger partial charge on any atom is 0.193 e. The Hall–Kier alpha value is -0.580. The topological polar surface area (TPSA) is 20.5 Å². The zero-order chi connectivity index (χ0) is 12.4. The summed E-state index contributed by atoms with van der Waals surface area (Å²) in [5.41, 5.74) is 1.17. The number of nitrogens with zero attached hydrogens (tertiary/aromatic N) is 3. The summed E-state index contributed by atoms with van der Waals surface area (Å²) in [5, 5.41) is 2.07. The lowest BCUT2D eigenvalue weighted by molar-refractivity contribution is 0.205. The van der Waals surface area contributed by atoms with Crippen molar-refractivity contribution in [2.75, 3.05) is 12.4 Å². The van der Waals surface area contributed by atoms with Gasteiger partial charge in [-0.1, -0.05) is 12.8 Å². The van der Waals surface area contributed by atoms with Crippen molar-refractivity contribution in [1.29, 1.82) is 0 Å². The van der Waals surface area contributed by atoms with Crippen LogP contribution < -0.4 is 0 Å². The Balaban J connectivity index is 1.75. The fourth-order valence-corrected chi connectivity index (χ4v) is 3.75. The molecule has 1 atom stereocenters. The Morgan fingerprint density at radius 3 is 3.17 bits per heavy atom. The number of thiazole rings is 1. The molecule has 0 N–H and O–H groups in total. The van der Waals surface area contributed by atoms with Crippen LogP contribution >= 0.6 is 22.9 Å². The van der Waals surface area contributed by atoms with Gasteiger partial charge in [0.2, 0.25) is 0 Å². The average molecular weight is 284 g/mol. The van der Waals surface area contributed by atoms with E-state index in [1.807, 2.05) is 0 Å². The number of imidazole rings is 1. The van der Waals surface area contributed by atoms with Gasteiger partial charge in [-0.15, -0.1) is 22.9 Å². The van der Waals surface area contributed by atoms with E-state index in [0.29, 0.717) is 6.04 Å². The van der Waals surface area contributed by atoms with Crippen LogP contribution in [0.15, 0.2) is 17.8 Å². The monoisotopic (exact) mass is 283 g/mol. The van der Waals surface area contributed by atoms with Gasteiger partial charge in [0, 0.05) is 36.2 Å². The van der Waals surface area contributed by atoms with Crippen LogP contribution in [0, 0.1) is 0 Å². The second kappa shape index (κ2) is 5.59. The minimum Gasteiger partial charge on any atom is -0.297 e. The summed E-state index contributed by atoms with van der Waals surface area (Å²) in [4.78, 5) is 8.25. The number of aromatic nitrogens is 2. The highest BCUT2D eigenvalue weighted by atomic mass is 35.5. The molecule has 0 bridgehead atoms. The van der Waals surface area contributed by atoms with E-state index in [-0.39, 0.29) is 0 Å². The van der Waals surface area contributed by atoms with Crippen LogP contribution in [-0.2, 0) is 6.54 Å². The van der Waals surface area contributed by atoms with Crippen molar-refractivity contribution in [2.24, 2.45) is 0 Å². The second-order valence-corrected chi connectivity index (χ2v) is 6.13. The van der Waals surface area contributed by atoms with Crippen molar-refractivity contribution in [1.82, 2.24) is 14.3 Å². The lowest BCUT2D eigenvalue weighted by Gasteiger charge is -2.27. The van der Waals surface area contributed by atoms with Gasteiger partial charge in [-0.25, -0.2) is 4.98 Å². The highest BCUT2D eigenvalue weighted by Gasteiger charge is 2.21. The highest BCUT2D eigenvalue weighted by molar-refractivity contribution is 7.15. The van der Waals surface area contributed by atoms with Gasteiger partial charge in [0.1, 0.15) is 0 Å². The smallest absolute Gasteiger partial charge is 0.193 e. The largest absolute Gasteiger partial charge is 0.297 e. The first-order chi connectivity index (χ1) is 8.86. The molecular weight excluding hydrogens is 266 g/mol. The first kappa shape index (κ1) is 12.5. The molecule has 0 amide bonds. The summed E-state index contributed by atoms with van der Waals surface area (Å²) in [6, 6.07) is 0.522. The Morgan fingerprint density at radius 1 is 1.39 bits per heavy atom. The maximum absolute atomic E-state index is 6.11. The Labute approximate surface area is 116 Å². The lowest BCUT2D eigenvalue weighted by atomic mass is 10.1. The fraction of sp³-hybridized carbons (Fsp3) is 0.615. The number of rotatable bonds is 3. The molecule has 1 aliphatic rings. The van der Waals surface area contributed by atoms with Crippen LogP contribution in [-0.4, -0.2) is 32.8 Å². The third-order valence-electron chi connectivity index (χ3n) is 3.69. The molecule has 3 heterocycles. The van der Waals surface area contributed by atoms with Crippen LogP contribution in [0.5, 0.6) is 0 Å². The van der Waals surface area contributed by atoms with Crippen LogP contribution in [0.1, 0.15) is 31.4 Å². The van der Waals surface area contributed by atoms with E-state index < -0.39 is 0 Å². The van der Waals surface area contributed by atoms with Crippen molar-refractivity contribution in [3.63, 3.8) is 0 Å². The number of hydrogen-bond donors (Lipinski definition) is 0. The van der Waals surface area contributed by atoms with E-state index in [0.717, 1.165) is 23.9 Å². The predicted molar refractivity (Wildman–Crippen MR) is 76.5 cm³/mol. The molecule has 5 heteroatoms. The second-order valence-electron chi connectivity index (χ2n) is 4.95. The molecule has 0 saturated carbocycles. The molecule has 1 fully saturated rings. The summed E-state index contributed by atoms with van der Waals surface area (Å²) in [6.07, 6.45) is 9.37. The van der Waals surface area contributed by atoms with E-state index in [4.69, 9.17) is 11.6 Å². The third-order valence-corrected chi connectivity index (χ3v) is 4.81. The number of hydrogen-bond acceptors (Lipinski definition) is 3. The van der Waals surface area contributed by atoms with Gasteiger partial charge in [-0.3, -0.25) is 9.30 Å². The molecule has 3 rings (SSSR count). The van der Waals surface area contributed by atoms with Gasteiger partial charge in [-0.05, 0) is 19.4 Å². The average Bonchev–Trinajstić information content (AvgIpc) is 2.85. The van der Waals surface area contributed by atoms with Gasteiger partial charge in [0.25, 0.3) is 0 Å². The highest BCUT2D eigenvalue weighted by Crippen LogP contribution is 2.21. The standard InChI is InChI=1S/C13H18ClN3S/c14-8-12-4-2-1-3-5-16(12)9-11-10-17-6-7-18-13(17)15-11/h6-7,10,12H,1-5,8-9H2. The zero-order valence-corrected chi connectivity index (χ0v) is 12.0. The quantitative estimate of drug-likeness (QED) is 0.805. The zero-order valence-electron chi connectivity index (χ0n) is 10.4. The SMILES string of the molecule is ClCC1CCCCCN1Cc1cn2ccsc2n1. The van der Waals surface area contributed by atoms with E-state index in [1.165, 1.54) is 31.4 Å². The molecule has 98 valence electrons. The van der Waals surface area contributed by atoms with Crippen LogP contribution in [0.4, 0.5) is 0 Å². The molecule has 3 nitrogen and oxygen atoms in total. The van der Waals surface area contributed by atoms with E-state index in [1.54, 1.807) is 11.3 Å². The molecule has 2 aromatic rings. The Morgan fingerprint density at radius 2 is 2.33 bits per heavy atom. The molecule has 18 heavy (non-hydrogen) atoms. The number of fused-ring (bicyclic) bond motifs is 1. The number of alkyl halides is 1. The van der Waals surface area contributed by atoms with Crippen molar-refractivity contribution < 1.29 is 0 Å². The number of likely N-dealkylation sites (tertiary alicyclic amines) is 1. The van der Waals surface area contributed by atoms with Crippen LogP contribution in [0.2, 0.25) is 0 Å². The van der Waals surface area contributed by atoms with Gasteiger partial charge < -0.3 is 0 Å². The molecule has 1 saturated heterocycles. The van der Waals surface area contributed by atoms with Crippen LogP contribution in [0.25, 0.3) is 4.96 Å². The molecule has 0 spiro atoms. The summed E-state index contributed by atoms with van der Waals surface area (Å²) >= 11 is 7.79. The van der Waals surface area contributed by atoms with Crippen molar-refractivity contribution in [3.8, 4) is 0 Å². The molecule has 1 unspecified atom stereocenters. The Bertz CT molecular complexity index is 479. The van der Waals surface area contributed by atoms with Gasteiger partial charge in [0.15, 0.2) is 4.96 Å². The van der Waals surface area contributed by atoms with E-state index >= 15 is 0 Å². The minimum atomic E-state index is 0.522. The van der Waals surface area contributed by atoms with Crippen molar-refractivity contribution >= 4 is 27.9 Å². The number of halogens is 1. The first-order valence-electron chi connectivity index (χ1n) is 6.58. The first-order valence-corrected chi connectivity index (χ1v) is 7.99. The summed E-state index contributed by atoms with van der Waals surface area (Å²) < 4.78 is 2.10. The van der Waals surface area contributed by atoms with Gasteiger partial charge in [-0.2, -0.15) is 0 Å². The minimum absolute atomic E-state index is 0.522. The fourth-order valence-electron chi connectivity index (χ4n) is 2.68. The summed E-state index contributed by atoms with van der Waals surface area (Å²) in [6.45, 7) is 2.09. The van der Waals surface area contributed by atoms with Crippen molar-refractivity contribution in [3.05, 3.63) is 23.5 Å². The van der Waals surface area contributed by atoms with Crippen molar-refractivity contribution in [2.45, 2.75) is 38.3 Å². The molecule has 0 aliphatic carbocycles. The molecular formula is C13H18ClN3S. The van der Waals surface area contributed by atoms with Crippen LogP contribution in [0.3, 0.4) is 0 Å². The van der Waals surface area contributed by atoms with E-state index in [2.05, 4.69) is 32.1 Å². The molecule has 1 aliphatic heterocycles. The van der Waals surface area contributed by atoms with Gasteiger partial charge >= 0.3 is 0 Å². The summed E-state index contributed by atoms with van der Waals surface area (Å²) in [5.74, 6) is 0.738. The predicted octanol–water partition coefficient (Wildman–Crippen LogP) is 3.38. The third kappa shape index (κ3) is 2.56. The molecule has 2 aromatic heterocycles. The summed E-state index contributed by atoms with van der Waals surface area (Å²) in [7, 11) is 0.